The van der Waals surface area contributed by atoms with Crippen LogP contribution >= 0.6 is 35.6 Å². The molecular weight excluding hydrogens is 513 g/mol. The van der Waals surface area contributed by atoms with Crippen LogP contribution in [0.5, 0.6) is 0 Å². The van der Waals surface area contributed by atoms with Crippen molar-refractivity contribution < 1.29 is 8.42 Å². The molecule has 0 saturated carbocycles. The average molecular weight is 538 g/mol. The smallest absolute Gasteiger partial charge is 0.215 e. The largest absolute Gasteiger partial charge is 0.356 e. The lowest BCUT2D eigenvalue weighted by Crippen LogP contribution is -2.37. The van der Waals surface area contributed by atoms with Crippen LogP contribution in [0.4, 0.5) is 0 Å². The fraction of sp³-hybridized carbons (Fsp3) is 0.333. The second-order valence-electron chi connectivity index (χ2n) is 5.87. The standard InChI is InChI=1S/C18H24ClN5O2S.HI/c1-20-18(22-9-8-14-6-7-17(19)23-11-14)24-12-15-4-3-5-16(10-15)13-27(25,26)21-2;/h3-7,10-11,21H,8-9,12-13H2,1-2H3,(H2,20,22,24);1H. The molecular formula is C18H25ClIN5O2S. The molecule has 10 heteroatoms. The summed E-state index contributed by atoms with van der Waals surface area (Å²) in [5, 5.41) is 6.94. The van der Waals surface area contributed by atoms with Crippen molar-refractivity contribution >= 4 is 51.6 Å². The number of aromatic nitrogens is 1. The summed E-state index contributed by atoms with van der Waals surface area (Å²) in [6, 6.07) is 11.2. The zero-order chi connectivity index (χ0) is 19.7. The average Bonchev–Trinajstić information content (AvgIpc) is 2.66. The van der Waals surface area contributed by atoms with E-state index in [1.807, 2.05) is 24.3 Å². The highest BCUT2D eigenvalue weighted by atomic mass is 127. The number of aliphatic imine (C=N–C) groups is 1. The van der Waals surface area contributed by atoms with Crippen LogP contribution in [-0.4, -0.2) is 40.0 Å². The third kappa shape index (κ3) is 8.72. The normalized spacial score (nSPS) is 11.6. The third-order valence-electron chi connectivity index (χ3n) is 3.84. The molecule has 0 fully saturated rings. The number of benzene rings is 1. The fourth-order valence-electron chi connectivity index (χ4n) is 2.41. The summed E-state index contributed by atoms with van der Waals surface area (Å²) in [5.41, 5.74) is 2.80. The summed E-state index contributed by atoms with van der Waals surface area (Å²) in [5.74, 6) is 0.629. The summed E-state index contributed by atoms with van der Waals surface area (Å²) in [6.07, 6.45) is 2.55. The quantitative estimate of drug-likeness (QED) is 0.208. The van der Waals surface area contributed by atoms with E-state index in [1.165, 1.54) is 7.05 Å². The molecule has 0 bridgehead atoms. The minimum Gasteiger partial charge on any atom is -0.356 e. The van der Waals surface area contributed by atoms with E-state index in [-0.39, 0.29) is 29.7 Å². The topological polar surface area (TPSA) is 95.5 Å². The highest BCUT2D eigenvalue weighted by molar-refractivity contribution is 14.0. The van der Waals surface area contributed by atoms with Gasteiger partial charge in [-0.2, -0.15) is 0 Å². The molecule has 0 amide bonds. The van der Waals surface area contributed by atoms with Gasteiger partial charge in [0.2, 0.25) is 10.0 Å². The number of guanidine groups is 1. The van der Waals surface area contributed by atoms with Crippen LogP contribution in [-0.2, 0) is 28.7 Å². The first kappa shape index (κ1) is 24.6. The molecule has 28 heavy (non-hydrogen) atoms. The van der Waals surface area contributed by atoms with Gasteiger partial charge in [-0.15, -0.1) is 24.0 Å². The maximum absolute atomic E-state index is 11.7. The van der Waals surface area contributed by atoms with Crippen LogP contribution in [0.3, 0.4) is 0 Å². The van der Waals surface area contributed by atoms with Gasteiger partial charge in [-0.3, -0.25) is 4.99 Å². The fourth-order valence-corrected chi connectivity index (χ4v) is 3.28. The Balaban J connectivity index is 0.00000392. The summed E-state index contributed by atoms with van der Waals surface area (Å²) >= 11 is 5.78. The lowest BCUT2D eigenvalue weighted by molar-refractivity contribution is 0.587. The van der Waals surface area contributed by atoms with Crippen molar-refractivity contribution in [1.82, 2.24) is 20.3 Å². The molecule has 154 valence electrons. The Morgan fingerprint density at radius 3 is 2.54 bits per heavy atom. The number of hydrogen-bond acceptors (Lipinski definition) is 4. The highest BCUT2D eigenvalue weighted by Crippen LogP contribution is 2.09. The maximum Gasteiger partial charge on any atom is 0.215 e. The lowest BCUT2D eigenvalue weighted by Gasteiger charge is -2.12. The van der Waals surface area contributed by atoms with Gasteiger partial charge >= 0.3 is 0 Å². The number of pyridine rings is 1. The van der Waals surface area contributed by atoms with E-state index in [9.17, 15) is 8.42 Å². The molecule has 0 atom stereocenters. The molecule has 2 aromatic rings. The Hall–Kier alpha value is -1.43. The number of sulfonamides is 1. The monoisotopic (exact) mass is 537 g/mol. The van der Waals surface area contributed by atoms with Crippen LogP contribution < -0.4 is 15.4 Å². The molecule has 1 aromatic heterocycles. The lowest BCUT2D eigenvalue weighted by atomic mass is 10.1. The van der Waals surface area contributed by atoms with Crippen molar-refractivity contribution in [2.45, 2.75) is 18.7 Å². The molecule has 0 aliphatic carbocycles. The van der Waals surface area contributed by atoms with E-state index in [0.717, 1.165) is 23.1 Å². The summed E-state index contributed by atoms with van der Waals surface area (Å²) in [6.45, 7) is 1.24. The third-order valence-corrected chi connectivity index (χ3v) is 5.40. The molecule has 0 saturated heterocycles. The van der Waals surface area contributed by atoms with Gasteiger partial charge in [-0.1, -0.05) is 41.9 Å². The molecule has 1 heterocycles. The molecule has 0 aliphatic rings. The Kier molecular flexibility index (Phi) is 10.7. The van der Waals surface area contributed by atoms with Gasteiger partial charge in [0.1, 0.15) is 5.15 Å². The van der Waals surface area contributed by atoms with E-state index < -0.39 is 10.0 Å². The number of rotatable bonds is 8. The van der Waals surface area contributed by atoms with Gasteiger partial charge in [0, 0.05) is 26.3 Å². The van der Waals surface area contributed by atoms with Crippen molar-refractivity contribution in [3.05, 3.63) is 64.4 Å². The van der Waals surface area contributed by atoms with Crippen molar-refractivity contribution in [2.75, 3.05) is 20.6 Å². The summed E-state index contributed by atoms with van der Waals surface area (Å²) < 4.78 is 25.7. The first-order chi connectivity index (χ1) is 12.9. The van der Waals surface area contributed by atoms with Gasteiger partial charge in [-0.05, 0) is 36.2 Å². The molecule has 3 N–H and O–H groups in total. The van der Waals surface area contributed by atoms with Crippen LogP contribution in [0.1, 0.15) is 16.7 Å². The first-order valence-electron chi connectivity index (χ1n) is 8.46. The second-order valence-corrected chi connectivity index (χ2v) is 8.19. The molecule has 0 spiro atoms. The zero-order valence-electron chi connectivity index (χ0n) is 15.8. The van der Waals surface area contributed by atoms with Crippen LogP contribution in [0, 0.1) is 0 Å². The van der Waals surface area contributed by atoms with Crippen molar-refractivity contribution in [2.24, 2.45) is 4.99 Å². The molecule has 1 aromatic carbocycles. The molecule has 0 radical (unpaired) electrons. The zero-order valence-corrected chi connectivity index (χ0v) is 19.7. The minimum atomic E-state index is -3.29. The second kappa shape index (κ2) is 12.2. The Morgan fingerprint density at radius 2 is 1.89 bits per heavy atom. The molecule has 7 nitrogen and oxygen atoms in total. The van der Waals surface area contributed by atoms with Crippen LogP contribution in [0.25, 0.3) is 0 Å². The Bertz CT molecular complexity index is 876. The summed E-state index contributed by atoms with van der Waals surface area (Å²) in [7, 11) is -0.170. The predicted molar refractivity (Wildman–Crippen MR) is 125 cm³/mol. The maximum atomic E-state index is 11.7. The van der Waals surface area contributed by atoms with E-state index >= 15 is 0 Å². The van der Waals surface area contributed by atoms with Gasteiger partial charge < -0.3 is 10.6 Å². The number of nitrogens with zero attached hydrogens (tertiary/aromatic N) is 2. The number of hydrogen-bond donors (Lipinski definition) is 3. The van der Waals surface area contributed by atoms with Gasteiger partial charge in [0.15, 0.2) is 5.96 Å². The van der Waals surface area contributed by atoms with E-state index in [1.54, 1.807) is 25.4 Å². The SMILES string of the molecule is CN=C(NCCc1ccc(Cl)nc1)NCc1cccc(CS(=O)(=O)NC)c1.I. The Morgan fingerprint density at radius 1 is 1.14 bits per heavy atom. The highest BCUT2D eigenvalue weighted by Gasteiger charge is 2.09. The van der Waals surface area contributed by atoms with Crippen LogP contribution in [0.15, 0.2) is 47.6 Å². The van der Waals surface area contributed by atoms with Crippen molar-refractivity contribution in [1.29, 1.82) is 0 Å². The van der Waals surface area contributed by atoms with Gasteiger partial charge in [-0.25, -0.2) is 18.1 Å². The molecule has 0 aliphatic heterocycles. The number of halogens is 2. The van der Waals surface area contributed by atoms with E-state index in [4.69, 9.17) is 11.6 Å². The van der Waals surface area contributed by atoms with Gasteiger partial charge in [0.05, 0.1) is 5.75 Å². The van der Waals surface area contributed by atoms with E-state index in [0.29, 0.717) is 24.2 Å². The predicted octanol–water partition coefficient (Wildman–Crippen LogP) is 2.31. The Labute approximate surface area is 188 Å². The van der Waals surface area contributed by atoms with E-state index in [2.05, 4.69) is 25.3 Å². The first-order valence-corrected chi connectivity index (χ1v) is 10.5. The molecule has 2 rings (SSSR count). The van der Waals surface area contributed by atoms with Crippen molar-refractivity contribution in [3.8, 4) is 0 Å². The van der Waals surface area contributed by atoms with Crippen LogP contribution in [0.2, 0.25) is 5.15 Å². The van der Waals surface area contributed by atoms with Crippen molar-refractivity contribution in [3.63, 3.8) is 0 Å². The summed E-state index contributed by atoms with van der Waals surface area (Å²) in [4.78, 5) is 8.25. The minimum absolute atomic E-state index is 0. The number of nitrogens with one attached hydrogen (secondary N) is 3. The molecule has 0 unspecified atom stereocenters. The van der Waals surface area contributed by atoms with Gasteiger partial charge in [0.25, 0.3) is 0 Å².